The fourth-order valence-corrected chi connectivity index (χ4v) is 1.84. The van der Waals surface area contributed by atoms with Crippen molar-refractivity contribution < 1.29 is 4.79 Å². The van der Waals surface area contributed by atoms with Gasteiger partial charge in [0, 0.05) is 19.6 Å². The molecule has 0 aliphatic carbocycles. The molecule has 2 atom stereocenters. The number of carbonyl (C=O) groups is 1. The highest BCUT2D eigenvalue weighted by molar-refractivity contribution is 5.83. The molecule has 2 saturated heterocycles. The van der Waals surface area contributed by atoms with Crippen molar-refractivity contribution >= 4 is 5.91 Å². The lowest BCUT2D eigenvalue weighted by Crippen LogP contribution is -2.53. The van der Waals surface area contributed by atoms with E-state index < -0.39 is 0 Å². The Morgan fingerprint density at radius 2 is 2.40 bits per heavy atom. The number of hydrogen-bond acceptors (Lipinski definition) is 2. The van der Waals surface area contributed by atoms with E-state index in [0.29, 0.717) is 6.04 Å². The van der Waals surface area contributed by atoms with Crippen LogP contribution in [-0.2, 0) is 4.79 Å². The third-order valence-corrected chi connectivity index (χ3v) is 2.41. The molecule has 0 saturated carbocycles. The molecule has 0 radical (unpaired) electrons. The van der Waals surface area contributed by atoms with Crippen LogP contribution in [0, 0.1) is 0 Å². The summed E-state index contributed by atoms with van der Waals surface area (Å²) in [5, 5.41) is 3.28. The van der Waals surface area contributed by atoms with Gasteiger partial charge in [0.1, 0.15) is 0 Å². The van der Waals surface area contributed by atoms with Crippen molar-refractivity contribution in [1.82, 2.24) is 10.2 Å². The maximum absolute atomic E-state index is 11.2. The Morgan fingerprint density at radius 1 is 1.60 bits per heavy atom. The van der Waals surface area contributed by atoms with Crippen LogP contribution in [-0.4, -0.2) is 36.5 Å². The Bertz CT molecular complexity index is 169. The number of hydrogen-bond donors (Lipinski definition) is 1. The molecular formula is C7H12N2O. The van der Waals surface area contributed by atoms with E-state index in [1.807, 2.05) is 11.9 Å². The fraction of sp³-hybridized carbons (Fsp3) is 0.857. The number of rotatable bonds is 0. The minimum absolute atomic E-state index is 0.142. The Balaban J connectivity index is 2.17. The van der Waals surface area contributed by atoms with Gasteiger partial charge in [-0.2, -0.15) is 0 Å². The van der Waals surface area contributed by atoms with Crippen LogP contribution in [0.1, 0.15) is 12.8 Å². The molecule has 1 N–H and O–H groups in total. The van der Waals surface area contributed by atoms with Crippen molar-refractivity contribution in [2.45, 2.75) is 24.9 Å². The number of likely N-dealkylation sites (tertiary alicyclic amines) is 1. The summed E-state index contributed by atoms with van der Waals surface area (Å²) >= 11 is 0. The van der Waals surface area contributed by atoms with Crippen LogP contribution in [0.5, 0.6) is 0 Å². The predicted octanol–water partition coefficient (Wildman–Crippen LogP) is -0.421. The number of nitrogens with zero attached hydrogens (tertiary/aromatic N) is 1. The number of nitrogens with one attached hydrogen (secondary N) is 1. The molecule has 2 bridgehead atoms. The van der Waals surface area contributed by atoms with Crippen LogP contribution >= 0.6 is 0 Å². The van der Waals surface area contributed by atoms with Crippen LogP contribution in [0.3, 0.4) is 0 Å². The van der Waals surface area contributed by atoms with Crippen LogP contribution in [0.4, 0.5) is 0 Å². The van der Waals surface area contributed by atoms with Gasteiger partial charge in [0.2, 0.25) is 5.91 Å². The number of carbonyl (C=O) groups excluding carboxylic acids is 1. The highest BCUT2D eigenvalue weighted by Gasteiger charge is 2.36. The summed E-state index contributed by atoms with van der Waals surface area (Å²) in [5.41, 5.74) is 0. The predicted molar refractivity (Wildman–Crippen MR) is 37.6 cm³/mol. The van der Waals surface area contributed by atoms with Crippen molar-refractivity contribution in [2.24, 2.45) is 0 Å². The van der Waals surface area contributed by atoms with Gasteiger partial charge >= 0.3 is 0 Å². The molecule has 2 rings (SSSR count). The quantitative estimate of drug-likeness (QED) is 0.495. The molecule has 0 spiro atoms. The molecule has 3 nitrogen and oxygen atoms in total. The number of likely N-dealkylation sites (N-methyl/N-ethyl adjacent to an activating group) is 1. The van der Waals surface area contributed by atoms with Gasteiger partial charge in [0.25, 0.3) is 0 Å². The Labute approximate surface area is 60.4 Å². The maximum Gasteiger partial charge on any atom is 0.239 e. The van der Waals surface area contributed by atoms with Gasteiger partial charge in [-0.15, -0.1) is 0 Å². The van der Waals surface area contributed by atoms with Crippen molar-refractivity contribution in [3.63, 3.8) is 0 Å². The molecule has 2 heterocycles. The van der Waals surface area contributed by atoms with Crippen molar-refractivity contribution in [3.8, 4) is 0 Å². The zero-order chi connectivity index (χ0) is 7.14. The lowest BCUT2D eigenvalue weighted by Gasteiger charge is -2.29. The van der Waals surface area contributed by atoms with E-state index in [4.69, 9.17) is 0 Å². The smallest absolute Gasteiger partial charge is 0.239 e. The zero-order valence-corrected chi connectivity index (χ0v) is 6.13. The topological polar surface area (TPSA) is 32.3 Å². The normalized spacial score (nSPS) is 38.9. The maximum atomic E-state index is 11.2. The summed E-state index contributed by atoms with van der Waals surface area (Å²) in [6.45, 7) is 0.898. The van der Waals surface area contributed by atoms with Gasteiger partial charge in [-0.05, 0) is 12.8 Å². The average molecular weight is 140 g/mol. The Hall–Kier alpha value is -0.570. The van der Waals surface area contributed by atoms with Crippen LogP contribution in [0.2, 0.25) is 0 Å². The first-order valence-electron chi connectivity index (χ1n) is 3.78. The molecule has 0 aromatic heterocycles. The van der Waals surface area contributed by atoms with Gasteiger partial charge in [0.15, 0.2) is 0 Å². The van der Waals surface area contributed by atoms with Crippen molar-refractivity contribution in [2.75, 3.05) is 13.6 Å². The molecule has 3 heteroatoms. The summed E-state index contributed by atoms with van der Waals surface area (Å²) in [6.07, 6.45) is 2.20. The zero-order valence-electron chi connectivity index (χ0n) is 6.13. The highest BCUT2D eigenvalue weighted by Crippen LogP contribution is 2.19. The summed E-state index contributed by atoms with van der Waals surface area (Å²) in [4.78, 5) is 13.1. The Kier molecular flexibility index (Phi) is 1.20. The van der Waals surface area contributed by atoms with Gasteiger partial charge in [-0.1, -0.05) is 0 Å². The molecular weight excluding hydrogens is 128 g/mol. The molecule has 2 aliphatic rings. The van der Waals surface area contributed by atoms with Crippen molar-refractivity contribution in [3.05, 3.63) is 0 Å². The standard InChI is InChI=1S/C7H12N2O/c1-9-4-5-2-3-6(8-5)7(9)10/h5-6,8H,2-4H2,1H3. The number of piperazine rings is 1. The van der Waals surface area contributed by atoms with Crippen LogP contribution in [0.15, 0.2) is 0 Å². The molecule has 56 valence electrons. The van der Waals surface area contributed by atoms with Crippen LogP contribution < -0.4 is 5.32 Å². The molecule has 10 heavy (non-hydrogen) atoms. The van der Waals surface area contributed by atoms with E-state index in [0.717, 1.165) is 13.0 Å². The summed E-state index contributed by atoms with van der Waals surface area (Å²) < 4.78 is 0. The third-order valence-electron chi connectivity index (χ3n) is 2.41. The van der Waals surface area contributed by atoms with Gasteiger partial charge in [-0.3, -0.25) is 4.79 Å². The van der Waals surface area contributed by atoms with E-state index in [2.05, 4.69) is 5.32 Å². The van der Waals surface area contributed by atoms with Gasteiger partial charge in [0.05, 0.1) is 6.04 Å². The van der Waals surface area contributed by atoms with E-state index >= 15 is 0 Å². The average Bonchev–Trinajstić information content (AvgIpc) is 2.29. The highest BCUT2D eigenvalue weighted by atomic mass is 16.2. The second-order valence-electron chi connectivity index (χ2n) is 3.21. The molecule has 1 amide bonds. The van der Waals surface area contributed by atoms with Crippen molar-refractivity contribution in [1.29, 1.82) is 0 Å². The molecule has 2 fully saturated rings. The van der Waals surface area contributed by atoms with E-state index in [9.17, 15) is 4.79 Å². The SMILES string of the molecule is CN1CC2CCC(N2)C1=O. The van der Waals surface area contributed by atoms with Crippen LogP contribution in [0.25, 0.3) is 0 Å². The largest absolute Gasteiger partial charge is 0.343 e. The van der Waals surface area contributed by atoms with E-state index in [1.54, 1.807) is 0 Å². The monoisotopic (exact) mass is 140 g/mol. The van der Waals surface area contributed by atoms with Gasteiger partial charge in [-0.25, -0.2) is 0 Å². The fourth-order valence-electron chi connectivity index (χ4n) is 1.84. The minimum Gasteiger partial charge on any atom is -0.343 e. The first-order valence-corrected chi connectivity index (χ1v) is 3.78. The molecule has 2 aliphatic heterocycles. The summed E-state index contributed by atoms with van der Waals surface area (Å²) in [6, 6.07) is 0.719. The minimum atomic E-state index is 0.142. The second-order valence-corrected chi connectivity index (χ2v) is 3.21. The molecule has 2 unspecified atom stereocenters. The van der Waals surface area contributed by atoms with Gasteiger partial charge < -0.3 is 10.2 Å². The summed E-state index contributed by atoms with van der Waals surface area (Å²) in [5.74, 6) is 0.272. The third kappa shape index (κ3) is 0.736. The number of fused-ring (bicyclic) bond motifs is 2. The molecule has 0 aromatic rings. The first-order chi connectivity index (χ1) is 4.77. The second kappa shape index (κ2) is 1.95. The first kappa shape index (κ1) is 6.16. The lowest BCUT2D eigenvalue weighted by atomic mass is 10.2. The van der Waals surface area contributed by atoms with E-state index in [-0.39, 0.29) is 11.9 Å². The Morgan fingerprint density at radius 3 is 3.20 bits per heavy atom. The van der Waals surface area contributed by atoms with E-state index in [1.165, 1.54) is 6.42 Å². The molecule has 0 aromatic carbocycles. The lowest BCUT2D eigenvalue weighted by molar-refractivity contribution is -0.133. The number of amides is 1. The summed E-state index contributed by atoms with van der Waals surface area (Å²) in [7, 11) is 1.88.